The van der Waals surface area contributed by atoms with Crippen molar-refractivity contribution >= 4 is 17.7 Å². The maximum atomic E-state index is 15.0. The number of aromatic nitrogens is 1. The molecule has 43 heavy (non-hydrogen) atoms. The SMILES string of the molecule is CC(C)(C)OC(=O)N1CCC(CN(C(O)CCl)[C@@H](c2cc(-c3cc(F)ccc3F)cn2Cc2ccccc2)C(C)(C)C)C1. The molecule has 9 heteroatoms. The fourth-order valence-electron chi connectivity index (χ4n) is 5.91. The molecule has 2 aromatic carbocycles. The predicted octanol–water partition coefficient (Wildman–Crippen LogP) is 7.69. The number of ether oxygens (including phenoxy) is 1. The van der Waals surface area contributed by atoms with Crippen LogP contribution in [0.15, 0.2) is 60.8 Å². The molecule has 1 N–H and O–H groups in total. The summed E-state index contributed by atoms with van der Waals surface area (Å²) < 4.78 is 36.9. The average molecular weight is 616 g/mol. The maximum Gasteiger partial charge on any atom is 0.410 e. The highest BCUT2D eigenvalue weighted by atomic mass is 35.5. The van der Waals surface area contributed by atoms with Gasteiger partial charge in [-0.3, -0.25) is 4.90 Å². The number of carbonyl (C=O) groups is 1. The molecular formula is C34H44ClF2N3O3. The Morgan fingerprint density at radius 2 is 1.79 bits per heavy atom. The number of amides is 1. The van der Waals surface area contributed by atoms with Gasteiger partial charge in [-0.15, -0.1) is 11.6 Å². The minimum atomic E-state index is -0.976. The van der Waals surface area contributed by atoms with Gasteiger partial charge < -0.3 is 19.3 Å². The fraction of sp³-hybridized carbons (Fsp3) is 0.500. The standard InChI is InChI=1S/C34H44ClF2N3O3/c1-33(2,3)31(40(30(41)18-35)21-24-14-15-38(20-24)32(42)43-34(4,5)6)29-16-25(27-17-26(36)12-13-28(27)37)22-39(29)19-23-10-8-7-9-11-23/h7-13,16-17,22,24,30-31,41H,14-15,18-21H2,1-6H3/t24?,30?,31-/m0/s1. The van der Waals surface area contributed by atoms with Crippen molar-refractivity contribution in [3.05, 3.63) is 83.7 Å². The van der Waals surface area contributed by atoms with Crippen molar-refractivity contribution in [2.45, 2.75) is 72.4 Å². The molecule has 3 atom stereocenters. The van der Waals surface area contributed by atoms with Crippen LogP contribution in [-0.4, -0.2) is 62.9 Å². The van der Waals surface area contributed by atoms with E-state index < -0.39 is 28.9 Å². The van der Waals surface area contributed by atoms with Crippen molar-refractivity contribution in [3.63, 3.8) is 0 Å². The van der Waals surface area contributed by atoms with Gasteiger partial charge in [-0.25, -0.2) is 13.6 Å². The van der Waals surface area contributed by atoms with E-state index in [9.17, 15) is 18.7 Å². The summed E-state index contributed by atoms with van der Waals surface area (Å²) >= 11 is 6.30. The Bertz CT molecular complexity index is 1380. The number of hydrogen-bond acceptors (Lipinski definition) is 4. The summed E-state index contributed by atoms with van der Waals surface area (Å²) in [5.41, 5.74) is 1.63. The minimum absolute atomic E-state index is 0.0140. The largest absolute Gasteiger partial charge is 0.444 e. The van der Waals surface area contributed by atoms with E-state index in [4.69, 9.17) is 16.3 Å². The molecule has 0 radical (unpaired) electrons. The van der Waals surface area contributed by atoms with Crippen LogP contribution < -0.4 is 0 Å². The number of rotatable bonds is 9. The first kappa shape index (κ1) is 33.0. The molecule has 234 valence electrons. The number of aliphatic hydroxyl groups excluding tert-OH is 1. The molecule has 3 aromatic rings. The molecule has 1 aliphatic rings. The van der Waals surface area contributed by atoms with Crippen LogP contribution in [0.2, 0.25) is 0 Å². The van der Waals surface area contributed by atoms with Crippen LogP contribution in [0.5, 0.6) is 0 Å². The molecule has 1 fully saturated rings. The third kappa shape index (κ3) is 8.37. The summed E-state index contributed by atoms with van der Waals surface area (Å²) in [4.78, 5) is 16.5. The van der Waals surface area contributed by atoms with Gasteiger partial charge in [0, 0.05) is 49.2 Å². The molecule has 0 bridgehead atoms. The van der Waals surface area contributed by atoms with Crippen LogP contribution in [0, 0.1) is 23.0 Å². The number of alkyl halides is 1. The second-order valence-corrected chi connectivity index (χ2v) is 13.9. The lowest BCUT2D eigenvalue weighted by atomic mass is 9.82. The van der Waals surface area contributed by atoms with E-state index in [1.807, 2.05) is 68.3 Å². The lowest BCUT2D eigenvalue weighted by Crippen LogP contribution is -2.48. The number of halogens is 3. The Morgan fingerprint density at radius 1 is 1.09 bits per heavy atom. The predicted molar refractivity (Wildman–Crippen MR) is 167 cm³/mol. The Morgan fingerprint density at radius 3 is 2.42 bits per heavy atom. The van der Waals surface area contributed by atoms with Crippen LogP contribution in [0.4, 0.5) is 13.6 Å². The summed E-state index contributed by atoms with van der Waals surface area (Å²) in [6.45, 7) is 13.9. The fourth-order valence-corrected chi connectivity index (χ4v) is 6.09. The number of aliphatic hydroxyl groups is 1. The normalized spacial score (nSPS) is 17.4. The summed E-state index contributed by atoms with van der Waals surface area (Å²) in [5, 5.41) is 11.4. The van der Waals surface area contributed by atoms with E-state index in [-0.39, 0.29) is 29.5 Å². The van der Waals surface area contributed by atoms with Gasteiger partial charge in [0.25, 0.3) is 0 Å². The summed E-state index contributed by atoms with van der Waals surface area (Å²) in [7, 11) is 0. The molecule has 2 heterocycles. The van der Waals surface area contributed by atoms with Crippen molar-refractivity contribution in [1.82, 2.24) is 14.4 Å². The Balaban J connectivity index is 1.74. The first-order chi connectivity index (χ1) is 20.2. The molecule has 1 aliphatic heterocycles. The van der Waals surface area contributed by atoms with E-state index in [1.54, 1.807) is 4.90 Å². The van der Waals surface area contributed by atoms with Gasteiger partial charge in [-0.2, -0.15) is 0 Å². The lowest BCUT2D eigenvalue weighted by Gasteiger charge is -2.43. The van der Waals surface area contributed by atoms with Gasteiger partial charge in [0.15, 0.2) is 0 Å². The van der Waals surface area contributed by atoms with Gasteiger partial charge in [0.05, 0.1) is 11.9 Å². The third-order valence-electron chi connectivity index (χ3n) is 7.72. The van der Waals surface area contributed by atoms with Crippen LogP contribution in [0.25, 0.3) is 11.1 Å². The molecule has 1 aromatic heterocycles. The zero-order chi connectivity index (χ0) is 31.5. The van der Waals surface area contributed by atoms with Crippen LogP contribution in [0.3, 0.4) is 0 Å². The first-order valence-corrected chi connectivity index (χ1v) is 15.4. The number of benzene rings is 2. The minimum Gasteiger partial charge on any atom is -0.444 e. The monoisotopic (exact) mass is 615 g/mol. The average Bonchev–Trinajstić information content (AvgIpc) is 3.56. The van der Waals surface area contributed by atoms with Crippen LogP contribution in [0.1, 0.15) is 65.3 Å². The molecule has 2 unspecified atom stereocenters. The molecule has 6 nitrogen and oxygen atoms in total. The topological polar surface area (TPSA) is 57.9 Å². The third-order valence-corrected chi connectivity index (χ3v) is 8.00. The highest BCUT2D eigenvalue weighted by Gasteiger charge is 2.40. The van der Waals surface area contributed by atoms with E-state index >= 15 is 0 Å². The van der Waals surface area contributed by atoms with Gasteiger partial charge in [-0.1, -0.05) is 51.1 Å². The quantitative estimate of drug-likeness (QED) is 0.198. The zero-order valence-electron chi connectivity index (χ0n) is 26.0. The van der Waals surface area contributed by atoms with Gasteiger partial charge >= 0.3 is 6.09 Å². The molecule has 0 spiro atoms. The molecular weight excluding hydrogens is 572 g/mol. The Kier molecular flexibility index (Phi) is 10.2. The van der Waals surface area contributed by atoms with Crippen molar-refractivity contribution in [2.24, 2.45) is 11.3 Å². The summed E-state index contributed by atoms with van der Waals surface area (Å²) in [6, 6.07) is 14.9. The first-order valence-electron chi connectivity index (χ1n) is 14.8. The smallest absolute Gasteiger partial charge is 0.410 e. The van der Waals surface area contributed by atoms with E-state index in [0.717, 1.165) is 29.8 Å². The molecule has 0 aliphatic carbocycles. The molecule has 4 rings (SSSR count). The second kappa shape index (κ2) is 13.4. The van der Waals surface area contributed by atoms with Gasteiger partial charge in [-0.05, 0) is 68.4 Å². The van der Waals surface area contributed by atoms with Gasteiger partial charge in [0.2, 0.25) is 0 Å². The Hall–Kier alpha value is -2.94. The number of carbonyl (C=O) groups excluding carboxylic acids is 1. The molecule has 1 amide bonds. The molecule has 0 saturated carbocycles. The van der Waals surface area contributed by atoms with Crippen molar-refractivity contribution in [1.29, 1.82) is 0 Å². The maximum absolute atomic E-state index is 15.0. The molecule has 1 saturated heterocycles. The van der Waals surface area contributed by atoms with Crippen molar-refractivity contribution in [3.8, 4) is 11.1 Å². The lowest BCUT2D eigenvalue weighted by molar-refractivity contribution is -0.0541. The summed E-state index contributed by atoms with van der Waals surface area (Å²) in [6.07, 6.45) is 1.29. The highest BCUT2D eigenvalue weighted by Crippen LogP contribution is 2.42. The van der Waals surface area contributed by atoms with E-state index in [1.165, 1.54) is 6.07 Å². The number of likely N-dealkylation sites (tertiary alicyclic amines) is 1. The highest BCUT2D eigenvalue weighted by molar-refractivity contribution is 6.18. The number of nitrogens with zero attached hydrogens (tertiary/aromatic N) is 3. The number of hydrogen-bond donors (Lipinski definition) is 1. The van der Waals surface area contributed by atoms with Crippen molar-refractivity contribution < 1.29 is 23.4 Å². The Labute approximate surface area is 259 Å². The van der Waals surface area contributed by atoms with E-state index in [0.29, 0.717) is 31.7 Å². The van der Waals surface area contributed by atoms with E-state index in [2.05, 4.69) is 25.3 Å². The second-order valence-electron chi connectivity index (χ2n) is 13.6. The summed E-state index contributed by atoms with van der Waals surface area (Å²) in [5.74, 6) is -0.966. The van der Waals surface area contributed by atoms with Crippen LogP contribution >= 0.6 is 11.6 Å². The van der Waals surface area contributed by atoms with Gasteiger partial charge in [0.1, 0.15) is 23.5 Å². The van der Waals surface area contributed by atoms with Crippen molar-refractivity contribution in [2.75, 3.05) is 25.5 Å². The van der Waals surface area contributed by atoms with Crippen LogP contribution in [-0.2, 0) is 11.3 Å². The zero-order valence-corrected chi connectivity index (χ0v) is 26.7.